The summed E-state index contributed by atoms with van der Waals surface area (Å²) in [6.45, 7) is 1.85. The van der Waals surface area contributed by atoms with E-state index in [9.17, 15) is 15.3 Å². The number of aromatic nitrogens is 1. The van der Waals surface area contributed by atoms with Crippen LogP contribution in [0.2, 0.25) is 0 Å². The van der Waals surface area contributed by atoms with E-state index in [1.807, 2.05) is 13.0 Å². The lowest BCUT2D eigenvalue weighted by molar-refractivity contribution is -0.115. The van der Waals surface area contributed by atoms with Gasteiger partial charge >= 0.3 is 0 Å². The van der Waals surface area contributed by atoms with E-state index in [1.165, 1.54) is 13.4 Å². The second kappa shape index (κ2) is 9.70. The minimum Gasteiger partial charge on any atom is -0.495 e. The molecule has 0 radical (unpaired) electrons. The molecule has 3 rings (SSSR count). The van der Waals surface area contributed by atoms with Crippen molar-refractivity contribution in [2.75, 3.05) is 18.2 Å². The number of benzene rings is 1. The van der Waals surface area contributed by atoms with Crippen LogP contribution in [0.15, 0.2) is 52.1 Å². The number of nitrogens with zero attached hydrogens (tertiary/aromatic N) is 3. The second-order valence-electron chi connectivity index (χ2n) is 6.33. The van der Waals surface area contributed by atoms with Gasteiger partial charge in [-0.15, -0.1) is 0 Å². The highest BCUT2D eigenvalue weighted by Crippen LogP contribution is 2.38. The van der Waals surface area contributed by atoms with Crippen molar-refractivity contribution in [1.29, 1.82) is 10.5 Å². The molecule has 0 fully saturated rings. The van der Waals surface area contributed by atoms with Crippen LogP contribution in [0.5, 0.6) is 5.75 Å². The molecule has 1 atom stereocenters. The number of nitrogens with one attached hydrogen (secondary N) is 1. The molecule has 1 aromatic carbocycles. The van der Waals surface area contributed by atoms with Gasteiger partial charge in [0.15, 0.2) is 0 Å². The first-order chi connectivity index (χ1) is 15.0. The number of anilines is 2. The predicted molar refractivity (Wildman–Crippen MR) is 117 cm³/mol. The summed E-state index contributed by atoms with van der Waals surface area (Å²) in [4.78, 5) is 17.2. The zero-order chi connectivity index (χ0) is 22.4. The van der Waals surface area contributed by atoms with Crippen LogP contribution in [0.4, 0.5) is 11.5 Å². The number of nitrogen functional groups attached to an aromatic ring is 1. The van der Waals surface area contributed by atoms with Gasteiger partial charge in [0, 0.05) is 0 Å². The molecule has 31 heavy (non-hydrogen) atoms. The summed E-state index contributed by atoms with van der Waals surface area (Å²) in [6.07, 6.45) is 1.91. The van der Waals surface area contributed by atoms with E-state index in [0.29, 0.717) is 23.6 Å². The Morgan fingerprint density at radius 2 is 2.00 bits per heavy atom. The first kappa shape index (κ1) is 21.8. The standard InChI is InChI=1S/C22H19N5O3S/c1-3-18(21(28)26-15-7-4-5-8-16(15)29-2)31-22-14(12-24)19(17-9-6-10-30-17)13(11-23)20(25)27-22/h4-10,18H,3H2,1-2H3,(H2,25,27)(H,26,28). The molecule has 0 saturated carbocycles. The van der Waals surface area contributed by atoms with Crippen molar-refractivity contribution >= 4 is 29.2 Å². The number of pyridine rings is 1. The number of amides is 1. The van der Waals surface area contributed by atoms with E-state index in [2.05, 4.69) is 16.4 Å². The third-order valence-electron chi connectivity index (χ3n) is 4.47. The van der Waals surface area contributed by atoms with E-state index in [0.717, 1.165) is 11.8 Å². The van der Waals surface area contributed by atoms with E-state index in [-0.39, 0.29) is 33.4 Å². The lowest BCUT2D eigenvalue weighted by Gasteiger charge is -2.17. The van der Waals surface area contributed by atoms with Crippen LogP contribution in [0.25, 0.3) is 11.3 Å². The lowest BCUT2D eigenvalue weighted by Crippen LogP contribution is -2.25. The Morgan fingerprint density at radius 1 is 1.26 bits per heavy atom. The molecule has 2 heterocycles. The minimum absolute atomic E-state index is 0.0320. The number of methoxy groups -OCH3 is 1. The van der Waals surface area contributed by atoms with E-state index in [4.69, 9.17) is 14.9 Å². The predicted octanol–water partition coefficient (Wildman–Crippen LogP) is 4.19. The Hall–Kier alpha value is -3.95. The highest BCUT2D eigenvalue weighted by molar-refractivity contribution is 8.00. The van der Waals surface area contributed by atoms with Gasteiger partial charge in [0.2, 0.25) is 5.91 Å². The summed E-state index contributed by atoms with van der Waals surface area (Å²) < 4.78 is 10.7. The van der Waals surface area contributed by atoms with Gasteiger partial charge < -0.3 is 20.2 Å². The van der Waals surface area contributed by atoms with Crippen molar-refractivity contribution in [1.82, 2.24) is 4.98 Å². The van der Waals surface area contributed by atoms with Gasteiger partial charge in [-0.2, -0.15) is 10.5 Å². The molecule has 0 aliphatic heterocycles. The molecule has 1 unspecified atom stereocenters. The molecule has 0 aliphatic rings. The number of hydrogen-bond donors (Lipinski definition) is 2. The van der Waals surface area contributed by atoms with Crippen LogP contribution in [0, 0.1) is 22.7 Å². The number of rotatable bonds is 7. The van der Waals surface area contributed by atoms with Gasteiger partial charge in [0.25, 0.3) is 0 Å². The van der Waals surface area contributed by atoms with Crippen molar-refractivity contribution in [3.8, 4) is 29.2 Å². The molecular weight excluding hydrogens is 414 g/mol. The van der Waals surface area contributed by atoms with Crippen molar-refractivity contribution in [3.05, 3.63) is 53.8 Å². The lowest BCUT2D eigenvalue weighted by atomic mass is 10.0. The van der Waals surface area contributed by atoms with Crippen molar-refractivity contribution in [2.24, 2.45) is 0 Å². The van der Waals surface area contributed by atoms with Gasteiger partial charge in [-0.3, -0.25) is 4.79 Å². The molecule has 8 nitrogen and oxygen atoms in total. The second-order valence-corrected chi connectivity index (χ2v) is 7.52. The molecule has 0 spiro atoms. The van der Waals surface area contributed by atoms with Crippen LogP contribution in [-0.2, 0) is 4.79 Å². The van der Waals surface area contributed by atoms with Crippen molar-refractivity contribution in [3.63, 3.8) is 0 Å². The molecule has 1 amide bonds. The molecule has 0 bridgehead atoms. The number of para-hydroxylation sites is 2. The highest BCUT2D eigenvalue weighted by Gasteiger charge is 2.26. The number of nitrogens with two attached hydrogens (primary N) is 1. The SMILES string of the molecule is CCC(Sc1nc(N)c(C#N)c(-c2ccco2)c1C#N)C(=O)Nc1ccccc1OC. The number of hydrogen-bond acceptors (Lipinski definition) is 8. The molecular formula is C22H19N5O3S. The Bertz CT molecular complexity index is 1180. The maximum atomic E-state index is 12.9. The number of ether oxygens (including phenoxy) is 1. The Labute approximate surface area is 183 Å². The van der Waals surface area contributed by atoms with Gasteiger partial charge in [0.1, 0.15) is 40.1 Å². The molecule has 9 heteroatoms. The highest BCUT2D eigenvalue weighted by atomic mass is 32.2. The molecule has 3 aromatic rings. The molecule has 0 aliphatic carbocycles. The van der Waals surface area contributed by atoms with Crippen LogP contribution < -0.4 is 15.8 Å². The maximum Gasteiger partial charge on any atom is 0.238 e. The third-order valence-corrected chi connectivity index (χ3v) is 5.82. The Balaban J connectivity index is 1.98. The summed E-state index contributed by atoms with van der Waals surface area (Å²) >= 11 is 1.11. The Kier molecular flexibility index (Phi) is 6.81. The third kappa shape index (κ3) is 4.47. The molecule has 156 valence electrons. The molecule has 0 saturated heterocycles. The topological polar surface area (TPSA) is 138 Å². The smallest absolute Gasteiger partial charge is 0.238 e. The van der Waals surface area contributed by atoms with Crippen LogP contribution in [0.3, 0.4) is 0 Å². The fourth-order valence-corrected chi connectivity index (χ4v) is 3.99. The quantitative estimate of drug-likeness (QED) is 0.529. The summed E-state index contributed by atoms with van der Waals surface area (Å²) in [5.41, 5.74) is 7.00. The summed E-state index contributed by atoms with van der Waals surface area (Å²) in [6, 6.07) is 14.4. The van der Waals surface area contributed by atoms with Crippen LogP contribution in [-0.4, -0.2) is 23.3 Å². The van der Waals surface area contributed by atoms with Gasteiger partial charge in [-0.1, -0.05) is 30.8 Å². The number of furan rings is 1. The Morgan fingerprint density at radius 3 is 2.61 bits per heavy atom. The molecule has 2 aromatic heterocycles. The zero-order valence-electron chi connectivity index (χ0n) is 16.9. The van der Waals surface area contributed by atoms with E-state index >= 15 is 0 Å². The average molecular weight is 433 g/mol. The summed E-state index contributed by atoms with van der Waals surface area (Å²) in [5, 5.41) is 21.9. The summed E-state index contributed by atoms with van der Waals surface area (Å²) in [5.74, 6) is 0.561. The number of nitriles is 2. The van der Waals surface area contributed by atoms with Gasteiger partial charge in [-0.05, 0) is 30.7 Å². The monoisotopic (exact) mass is 433 g/mol. The average Bonchev–Trinajstić information content (AvgIpc) is 3.31. The normalized spacial score (nSPS) is 11.2. The fourth-order valence-electron chi connectivity index (χ4n) is 2.97. The molecule has 3 N–H and O–H groups in total. The first-order valence-corrected chi connectivity index (χ1v) is 10.2. The number of thioether (sulfide) groups is 1. The summed E-state index contributed by atoms with van der Waals surface area (Å²) in [7, 11) is 1.52. The number of carbonyl (C=O) groups is 1. The largest absolute Gasteiger partial charge is 0.495 e. The maximum absolute atomic E-state index is 12.9. The number of carbonyl (C=O) groups excluding carboxylic acids is 1. The van der Waals surface area contributed by atoms with Gasteiger partial charge in [0.05, 0.1) is 35.4 Å². The van der Waals surface area contributed by atoms with E-state index < -0.39 is 5.25 Å². The zero-order valence-corrected chi connectivity index (χ0v) is 17.7. The van der Waals surface area contributed by atoms with Gasteiger partial charge in [-0.25, -0.2) is 4.98 Å². The van der Waals surface area contributed by atoms with Crippen molar-refractivity contribution in [2.45, 2.75) is 23.6 Å². The first-order valence-electron chi connectivity index (χ1n) is 9.32. The van der Waals surface area contributed by atoms with Crippen LogP contribution in [0.1, 0.15) is 24.5 Å². The van der Waals surface area contributed by atoms with Crippen LogP contribution >= 0.6 is 11.8 Å². The fraction of sp³-hybridized carbons (Fsp3) is 0.182. The van der Waals surface area contributed by atoms with E-state index in [1.54, 1.807) is 36.4 Å². The minimum atomic E-state index is -0.568. The van der Waals surface area contributed by atoms with Crippen molar-refractivity contribution < 1.29 is 13.9 Å².